The van der Waals surface area contributed by atoms with Crippen LogP contribution >= 0.6 is 22.9 Å². The number of hydrogen-bond donors (Lipinski definition) is 2. The molecule has 0 amide bonds. The third-order valence-corrected chi connectivity index (χ3v) is 6.30. The first-order chi connectivity index (χ1) is 11.8. The van der Waals surface area contributed by atoms with Crippen LogP contribution in [0.15, 0.2) is 47.6 Å². The molecule has 10 heteroatoms. The van der Waals surface area contributed by atoms with Crippen LogP contribution < -0.4 is 4.72 Å². The van der Waals surface area contributed by atoms with Gasteiger partial charge in [0, 0.05) is 4.88 Å². The van der Waals surface area contributed by atoms with Crippen LogP contribution in [0.4, 0.5) is 5.69 Å². The number of hydrogen-bond acceptors (Lipinski definition) is 5. The number of aryl methyl sites for hydroxylation is 1. The number of carboxylic acid groups (broad SMARTS) is 1. The van der Waals surface area contributed by atoms with E-state index in [9.17, 15) is 13.2 Å². The van der Waals surface area contributed by atoms with Gasteiger partial charge in [-0.25, -0.2) is 17.9 Å². The van der Waals surface area contributed by atoms with Gasteiger partial charge in [0.25, 0.3) is 10.0 Å². The molecule has 3 aromatic rings. The minimum absolute atomic E-state index is 0.0374. The first kappa shape index (κ1) is 17.5. The van der Waals surface area contributed by atoms with Gasteiger partial charge in [0.2, 0.25) is 0 Å². The molecule has 2 N–H and O–H groups in total. The van der Waals surface area contributed by atoms with Gasteiger partial charge in [-0.2, -0.15) is 5.10 Å². The van der Waals surface area contributed by atoms with Crippen molar-refractivity contribution in [2.24, 2.45) is 0 Å². The van der Waals surface area contributed by atoms with E-state index in [0.717, 1.165) is 17.4 Å². The van der Waals surface area contributed by atoms with E-state index in [1.807, 2.05) is 0 Å². The molecule has 0 saturated carbocycles. The number of carboxylic acids is 1. The Bertz CT molecular complexity index is 1060. The average Bonchev–Trinajstić information content (AvgIpc) is 3.14. The first-order valence-corrected chi connectivity index (χ1v) is 9.62. The van der Waals surface area contributed by atoms with E-state index < -0.39 is 16.0 Å². The van der Waals surface area contributed by atoms with E-state index in [2.05, 4.69) is 9.82 Å². The molecular weight excluding hydrogens is 386 g/mol. The van der Waals surface area contributed by atoms with Crippen LogP contribution in [-0.4, -0.2) is 29.3 Å². The molecule has 0 aliphatic heterocycles. The Balaban J connectivity index is 1.90. The van der Waals surface area contributed by atoms with Gasteiger partial charge in [0.1, 0.15) is 9.77 Å². The number of carbonyl (C=O) groups is 1. The molecule has 0 radical (unpaired) electrons. The molecule has 130 valence electrons. The third-order valence-electron chi connectivity index (χ3n) is 3.31. The molecule has 0 aliphatic carbocycles. The van der Waals surface area contributed by atoms with E-state index in [-0.39, 0.29) is 15.5 Å². The van der Waals surface area contributed by atoms with E-state index in [0.29, 0.717) is 15.6 Å². The fraction of sp³-hybridized carbons (Fsp3) is 0.0667. The van der Waals surface area contributed by atoms with Gasteiger partial charge in [-0.05, 0) is 25.1 Å². The fourth-order valence-electron chi connectivity index (χ4n) is 2.19. The van der Waals surface area contributed by atoms with Crippen molar-refractivity contribution in [2.45, 2.75) is 11.8 Å². The van der Waals surface area contributed by atoms with E-state index in [1.165, 1.54) is 17.1 Å². The topological polar surface area (TPSA) is 101 Å². The summed E-state index contributed by atoms with van der Waals surface area (Å²) in [6, 6.07) is 8.15. The predicted octanol–water partition coefficient (Wildman–Crippen LogP) is 3.39. The summed E-state index contributed by atoms with van der Waals surface area (Å²) in [5.41, 5.74) is 0.844. The zero-order valence-corrected chi connectivity index (χ0v) is 15.2. The monoisotopic (exact) mass is 397 g/mol. The van der Waals surface area contributed by atoms with Crippen molar-refractivity contribution in [3.05, 3.63) is 57.5 Å². The smallest absolute Gasteiger partial charge is 0.345 e. The minimum atomic E-state index is -3.92. The lowest BCUT2D eigenvalue weighted by Crippen LogP contribution is -2.12. The maximum Gasteiger partial charge on any atom is 0.345 e. The minimum Gasteiger partial charge on any atom is -0.477 e. The number of rotatable bonds is 5. The van der Waals surface area contributed by atoms with E-state index >= 15 is 0 Å². The van der Waals surface area contributed by atoms with Gasteiger partial charge in [-0.3, -0.25) is 4.72 Å². The highest BCUT2D eigenvalue weighted by molar-refractivity contribution is 7.93. The summed E-state index contributed by atoms with van der Waals surface area (Å²) in [5, 5.41) is 13.6. The van der Waals surface area contributed by atoms with E-state index in [4.69, 9.17) is 16.7 Å². The first-order valence-electron chi connectivity index (χ1n) is 6.94. The fourth-order valence-corrected chi connectivity index (χ4v) is 4.87. The third kappa shape index (κ3) is 3.53. The normalized spacial score (nSPS) is 11.4. The molecule has 2 aromatic heterocycles. The molecule has 25 heavy (non-hydrogen) atoms. The number of anilines is 1. The van der Waals surface area contributed by atoms with Gasteiger partial charge in [-0.1, -0.05) is 23.7 Å². The van der Waals surface area contributed by atoms with Crippen LogP contribution in [0.1, 0.15) is 14.5 Å². The molecule has 2 heterocycles. The molecule has 0 unspecified atom stereocenters. The van der Waals surface area contributed by atoms with Gasteiger partial charge < -0.3 is 5.11 Å². The number of halogens is 1. The number of sulfonamides is 1. The number of benzene rings is 1. The lowest BCUT2D eigenvalue weighted by Gasteiger charge is -2.05. The Morgan fingerprint density at radius 1 is 1.36 bits per heavy atom. The molecule has 0 fully saturated rings. The number of nitrogens with one attached hydrogen (secondary N) is 1. The van der Waals surface area contributed by atoms with Crippen LogP contribution in [0.3, 0.4) is 0 Å². The lowest BCUT2D eigenvalue weighted by molar-refractivity contribution is 0.0702. The largest absolute Gasteiger partial charge is 0.477 e. The Hall–Kier alpha value is -2.36. The summed E-state index contributed by atoms with van der Waals surface area (Å²) in [4.78, 5) is 11.3. The maximum atomic E-state index is 12.5. The van der Waals surface area contributed by atoms with Crippen molar-refractivity contribution < 1.29 is 18.3 Å². The highest BCUT2D eigenvalue weighted by Gasteiger charge is 2.23. The average molecular weight is 398 g/mol. The highest BCUT2D eigenvalue weighted by Crippen LogP contribution is 2.28. The van der Waals surface area contributed by atoms with Crippen molar-refractivity contribution in [2.75, 3.05) is 4.72 Å². The van der Waals surface area contributed by atoms with Crippen LogP contribution in [0.25, 0.3) is 5.69 Å². The highest BCUT2D eigenvalue weighted by atomic mass is 35.5. The summed E-state index contributed by atoms with van der Waals surface area (Å²) >= 11 is 7.00. The van der Waals surface area contributed by atoms with E-state index in [1.54, 1.807) is 31.2 Å². The maximum absolute atomic E-state index is 12.5. The standard InChI is InChI=1S/C15H12ClN3O4S2/c1-9-14(6-13(24-9)15(20)21)25(22,23)18-10-7-17-19(8-10)12-5-3-2-4-11(12)16/h2-8,18H,1H3,(H,20,21). The molecule has 7 nitrogen and oxygen atoms in total. The number of para-hydroxylation sites is 1. The van der Waals surface area contributed by atoms with Crippen molar-refractivity contribution in [3.8, 4) is 5.69 Å². The summed E-state index contributed by atoms with van der Waals surface area (Å²) in [6.45, 7) is 1.55. The Morgan fingerprint density at radius 3 is 2.72 bits per heavy atom. The molecule has 3 rings (SSSR count). The Morgan fingerprint density at radius 2 is 2.08 bits per heavy atom. The van der Waals surface area contributed by atoms with Crippen LogP contribution in [0.5, 0.6) is 0 Å². The molecule has 0 atom stereocenters. The Labute approximate surface area is 152 Å². The second-order valence-corrected chi connectivity index (χ2v) is 8.38. The van der Waals surface area contributed by atoms with Crippen LogP contribution in [0, 0.1) is 6.92 Å². The van der Waals surface area contributed by atoms with Crippen molar-refractivity contribution in [1.29, 1.82) is 0 Å². The Kier molecular flexibility index (Phi) is 4.55. The summed E-state index contributed by atoms with van der Waals surface area (Å²) in [7, 11) is -3.92. The molecule has 1 aromatic carbocycles. The number of aromatic nitrogens is 2. The number of nitrogens with zero attached hydrogens (tertiary/aromatic N) is 2. The molecule has 0 bridgehead atoms. The predicted molar refractivity (Wildman–Crippen MR) is 95.4 cm³/mol. The second kappa shape index (κ2) is 6.51. The molecule has 0 aliphatic rings. The van der Waals surface area contributed by atoms with Crippen LogP contribution in [-0.2, 0) is 10.0 Å². The van der Waals surface area contributed by atoms with Gasteiger partial charge in [0.15, 0.2) is 0 Å². The zero-order chi connectivity index (χ0) is 18.2. The second-order valence-electron chi connectivity index (χ2n) is 5.07. The summed E-state index contributed by atoms with van der Waals surface area (Å²) < 4.78 is 28.9. The van der Waals surface area contributed by atoms with Crippen molar-refractivity contribution >= 4 is 44.6 Å². The zero-order valence-electron chi connectivity index (χ0n) is 12.8. The summed E-state index contributed by atoms with van der Waals surface area (Å²) in [6.07, 6.45) is 2.83. The number of aromatic carboxylic acids is 1. The van der Waals surface area contributed by atoms with Gasteiger partial charge in [-0.15, -0.1) is 11.3 Å². The summed E-state index contributed by atoms with van der Waals surface area (Å²) in [5.74, 6) is -1.17. The van der Waals surface area contributed by atoms with Crippen molar-refractivity contribution in [1.82, 2.24) is 9.78 Å². The SMILES string of the molecule is Cc1sc(C(=O)O)cc1S(=O)(=O)Nc1cnn(-c2ccccc2Cl)c1. The molecule has 0 saturated heterocycles. The van der Waals surface area contributed by atoms with Crippen molar-refractivity contribution in [3.63, 3.8) is 0 Å². The van der Waals surface area contributed by atoms with Gasteiger partial charge in [0.05, 0.1) is 28.8 Å². The van der Waals surface area contributed by atoms with Gasteiger partial charge >= 0.3 is 5.97 Å². The lowest BCUT2D eigenvalue weighted by atomic mass is 10.3. The molecule has 0 spiro atoms. The number of thiophene rings is 1. The molecular formula is C15H12ClN3O4S2. The van der Waals surface area contributed by atoms with Crippen LogP contribution in [0.2, 0.25) is 5.02 Å². The quantitative estimate of drug-likeness (QED) is 0.687.